The molecule has 7 atom stereocenters. The lowest BCUT2D eigenvalue weighted by Gasteiger charge is -2.51. The summed E-state index contributed by atoms with van der Waals surface area (Å²) >= 11 is 0. The monoisotopic (exact) mass is 768 g/mol. The second-order valence-corrected chi connectivity index (χ2v) is 16.6. The van der Waals surface area contributed by atoms with E-state index in [2.05, 4.69) is 39.9 Å². The van der Waals surface area contributed by atoms with E-state index in [1.807, 2.05) is 81.4 Å². The third-order valence-corrected chi connectivity index (χ3v) is 11.4. The molecule has 11 heteroatoms. The van der Waals surface area contributed by atoms with Gasteiger partial charge in [0.25, 0.3) is 0 Å². The van der Waals surface area contributed by atoms with E-state index in [0.717, 1.165) is 52.6 Å². The summed E-state index contributed by atoms with van der Waals surface area (Å²) in [5.41, 5.74) is 5.36. The molecule has 56 heavy (non-hydrogen) atoms. The number of benzene rings is 3. The van der Waals surface area contributed by atoms with Gasteiger partial charge in [0.2, 0.25) is 5.91 Å². The van der Waals surface area contributed by atoms with Crippen molar-refractivity contribution in [1.82, 2.24) is 20.9 Å². The number of nitrogens with zero attached hydrogens (tertiary/aromatic N) is 1. The van der Waals surface area contributed by atoms with Gasteiger partial charge in [-0.15, -0.1) is 0 Å². The van der Waals surface area contributed by atoms with Crippen molar-refractivity contribution < 1.29 is 33.7 Å². The normalized spacial score (nSPS) is 25.4. The molecule has 2 aliphatic heterocycles. The zero-order chi connectivity index (χ0) is 39.8. The van der Waals surface area contributed by atoms with Gasteiger partial charge in [0.1, 0.15) is 6.54 Å². The molecule has 302 valence electrons. The van der Waals surface area contributed by atoms with Crippen LogP contribution < -0.4 is 16.0 Å². The van der Waals surface area contributed by atoms with Gasteiger partial charge in [-0.05, 0) is 93.2 Å². The topological polar surface area (TPSA) is 138 Å². The Balaban J connectivity index is 1.21. The minimum atomic E-state index is -0.634. The Kier molecular flexibility index (Phi) is 13.9. The summed E-state index contributed by atoms with van der Waals surface area (Å²) in [6.07, 6.45) is 5.54. The number of urea groups is 1. The number of hydrogen-bond donors (Lipinski definition) is 4. The van der Waals surface area contributed by atoms with Crippen molar-refractivity contribution in [2.24, 2.45) is 11.8 Å². The van der Waals surface area contributed by atoms with Gasteiger partial charge in [-0.1, -0.05) is 86.5 Å². The number of likely N-dealkylation sites (tertiary alicyclic amines) is 1. The lowest BCUT2D eigenvalue weighted by atomic mass is 9.75. The SMILES string of the molecule is CCOC(=O)CNC(=O)NCc1cccc(-c2ccc([C@@H]3O[C@H](CN4[C@@H](C(=O)NC(C)(C)C)CC[C@H]5CCCC[C@H]54)[C@H](C)[C@H](c4ccc(CO)cc4)O3)cc2)c1. The summed E-state index contributed by atoms with van der Waals surface area (Å²) in [5, 5.41) is 18.3. The van der Waals surface area contributed by atoms with Gasteiger partial charge in [0, 0.05) is 36.2 Å². The summed E-state index contributed by atoms with van der Waals surface area (Å²) in [6, 6.07) is 23.8. The van der Waals surface area contributed by atoms with Crippen LogP contribution in [-0.4, -0.2) is 71.3 Å². The fourth-order valence-electron chi connectivity index (χ4n) is 8.57. The highest BCUT2D eigenvalue weighted by Crippen LogP contribution is 2.44. The summed E-state index contributed by atoms with van der Waals surface area (Å²) in [7, 11) is 0. The van der Waals surface area contributed by atoms with Crippen LogP contribution in [0.15, 0.2) is 72.8 Å². The van der Waals surface area contributed by atoms with Gasteiger partial charge in [0.15, 0.2) is 6.29 Å². The predicted octanol–water partition coefficient (Wildman–Crippen LogP) is 6.94. The molecular formula is C45H60N4O7. The lowest BCUT2D eigenvalue weighted by molar-refractivity contribution is -0.278. The van der Waals surface area contributed by atoms with E-state index in [4.69, 9.17) is 14.2 Å². The molecule has 3 aromatic rings. The average molecular weight is 769 g/mol. The number of piperidine rings is 1. The van der Waals surface area contributed by atoms with Crippen molar-refractivity contribution >= 4 is 17.9 Å². The van der Waals surface area contributed by atoms with Crippen LogP contribution in [0.25, 0.3) is 11.1 Å². The van der Waals surface area contributed by atoms with Crippen molar-refractivity contribution in [3.8, 4) is 11.1 Å². The van der Waals surface area contributed by atoms with E-state index < -0.39 is 18.3 Å². The molecule has 0 unspecified atom stereocenters. The Morgan fingerprint density at radius 2 is 1.59 bits per heavy atom. The standard InChI is InChI=1S/C45H60N4O7/c1-6-54-40(51)26-47-44(53)46-25-31-10-9-12-36(24-31)32-18-20-35(21-19-32)43-55-39(29(2)41(56-43)34-16-14-30(28-50)15-17-34)27-49-37-13-8-7-11-33(37)22-23-38(49)42(52)48-45(3,4)5/h9-10,12,14-21,24,29,33,37-39,41,43,50H,6-8,11,13,22-23,25-28H2,1-5H3,(H,48,52)(H2,46,47,53)/t29-,33+,37+,38+,39+,41+,43+/m0/s1. The van der Waals surface area contributed by atoms with Gasteiger partial charge in [-0.25, -0.2) is 4.79 Å². The number of esters is 1. The maximum Gasteiger partial charge on any atom is 0.325 e. The lowest BCUT2D eigenvalue weighted by Crippen LogP contribution is -2.61. The molecule has 2 saturated heterocycles. The van der Waals surface area contributed by atoms with Gasteiger partial charge in [-0.2, -0.15) is 0 Å². The van der Waals surface area contributed by atoms with Crippen LogP contribution in [-0.2, 0) is 37.0 Å². The summed E-state index contributed by atoms with van der Waals surface area (Å²) in [5.74, 6) is 0.194. The molecule has 6 rings (SSSR count). The fraction of sp³-hybridized carbons (Fsp3) is 0.533. The summed E-state index contributed by atoms with van der Waals surface area (Å²) in [4.78, 5) is 40.2. The van der Waals surface area contributed by atoms with E-state index in [0.29, 0.717) is 25.0 Å². The fourth-order valence-corrected chi connectivity index (χ4v) is 8.57. The van der Waals surface area contributed by atoms with Gasteiger partial charge in [0.05, 0.1) is 31.5 Å². The second kappa shape index (κ2) is 18.8. The quantitative estimate of drug-likeness (QED) is 0.146. The first-order chi connectivity index (χ1) is 26.9. The molecule has 0 spiro atoms. The molecule has 3 aliphatic rings. The first-order valence-electron chi connectivity index (χ1n) is 20.4. The summed E-state index contributed by atoms with van der Waals surface area (Å²) in [6.45, 7) is 11.0. The molecule has 2 heterocycles. The highest BCUT2D eigenvalue weighted by Gasteiger charge is 2.46. The van der Waals surface area contributed by atoms with Gasteiger partial charge < -0.3 is 35.3 Å². The van der Waals surface area contributed by atoms with Crippen LogP contribution in [0.2, 0.25) is 0 Å². The highest BCUT2D eigenvalue weighted by molar-refractivity contribution is 5.82. The molecule has 0 bridgehead atoms. The third-order valence-electron chi connectivity index (χ3n) is 11.4. The Labute approximate surface area is 331 Å². The summed E-state index contributed by atoms with van der Waals surface area (Å²) < 4.78 is 18.6. The Hall–Kier alpha value is -4.29. The molecule has 4 N–H and O–H groups in total. The first kappa shape index (κ1) is 41.3. The average Bonchev–Trinajstić information content (AvgIpc) is 3.19. The van der Waals surface area contributed by atoms with Crippen molar-refractivity contribution in [2.45, 2.75) is 122 Å². The van der Waals surface area contributed by atoms with Crippen LogP contribution in [0.5, 0.6) is 0 Å². The highest BCUT2D eigenvalue weighted by atomic mass is 16.7. The largest absolute Gasteiger partial charge is 0.465 e. The van der Waals surface area contributed by atoms with Crippen molar-refractivity contribution in [2.75, 3.05) is 19.7 Å². The molecular weight excluding hydrogens is 709 g/mol. The maximum atomic E-state index is 13.9. The number of rotatable bonds is 12. The van der Waals surface area contributed by atoms with Crippen LogP contribution in [0, 0.1) is 11.8 Å². The van der Waals surface area contributed by atoms with Crippen LogP contribution >= 0.6 is 0 Å². The van der Waals surface area contributed by atoms with Crippen LogP contribution in [0.1, 0.15) is 108 Å². The molecule has 3 amide bonds. The number of aliphatic hydroxyl groups excluding tert-OH is 1. The number of carbonyl (C=O) groups excluding carboxylic acids is 3. The van der Waals surface area contributed by atoms with E-state index in [1.165, 1.54) is 19.3 Å². The zero-order valence-corrected chi connectivity index (χ0v) is 33.6. The molecule has 11 nitrogen and oxygen atoms in total. The van der Waals surface area contributed by atoms with Crippen molar-refractivity contribution in [1.29, 1.82) is 0 Å². The molecule has 3 aromatic carbocycles. The smallest absolute Gasteiger partial charge is 0.325 e. The molecule has 0 aromatic heterocycles. The molecule has 3 fully saturated rings. The van der Waals surface area contributed by atoms with Gasteiger partial charge >= 0.3 is 12.0 Å². The molecule has 1 saturated carbocycles. The number of aliphatic hydroxyl groups is 1. The van der Waals surface area contributed by atoms with E-state index in [1.54, 1.807) is 6.92 Å². The minimum Gasteiger partial charge on any atom is -0.465 e. The maximum absolute atomic E-state index is 13.9. The Morgan fingerprint density at radius 1 is 0.857 bits per heavy atom. The third kappa shape index (κ3) is 10.6. The van der Waals surface area contributed by atoms with Crippen molar-refractivity contribution in [3.63, 3.8) is 0 Å². The number of carbonyl (C=O) groups is 3. The second-order valence-electron chi connectivity index (χ2n) is 16.6. The number of amides is 3. The number of fused-ring (bicyclic) bond motifs is 1. The van der Waals surface area contributed by atoms with Crippen molar-refractivity contribution in [3.05, 3.63) is 95.1 Å². The van der Waals surface area contributed by atoms with E-state index in [9.17, 15) is 19.5 Å². The van der Waals surface area contributed by atoms with Crippen LogP contribution in [0.3, 0.4) is 0 Å². The van der Waals surface area contributed by atoms with E-state index in [-0.39, 0.29) is 55.4 Å². The first-order valence-corrected chi connectivity index (χ1v) is 20.4. The predicted molar refractivity (Wildman–Crippen MR) is 215 cm³/mol. The number of hydrogen-bond acceptors (Lipinski definition) is 8. The van der Waals surface area contributed by atoms with Crippen LogP contribution in [0.4, 0.5) is 4.79 Å². The molecule has 1 aliphatic carbocycles. The number of nitrogens with one attached hydrogen (secondary N) is 3. The zero-order valence-electron chi connectivity index (χ0n) is 33.6. The Morgan fingerprint density at radius 3 is 2.30 bits per heavy atom. The van der Waals surface area contributed by atoms with E-state index >= 15 is 0 Å². The van der Waals surface area contributed by atoms with Gasteiger partial charge in [-0.3, -0.25) is 14.5 Å². The Bertz CT molecular complexity index is 1780. The number of ether oxygens (including phenoxy) is 3. The molecule has 0 radical (unpaired) electrons. The minimum absolute atomic E-state index is 0.00983.